The minimum Gasteiger partial charge on any atom is -0.481 e. The average Bonchev–Trinajstić information content (AvgIpc) is 2.73. The minimum atomic E-state index is -0.709. The van der Waals surface area contributed by atoms with Gasteiger partial charge in [0.05, 0.1) is 12.8 Å². The second-order valence-electron chi connectivity index (χ2n) is 8.55. The lowest BCUT2D eigenvalue weighted by Gasteiger charge is -2.34. The molecule has 2 heterocycles. The first-order valence-corrected chi connectivity index (χ1v) is 10.7. The van der Waals surface area contributed by atoms with Crippen molar-refractivity contribution in [2.24, 2.45) is 5.92 Å². The molecule has 8 nitrogen and oxygen atoms in total. The summed E-state index contributed by atoms with van der Waals surface area (Å²) in [7, 11) is 1.47. The lowest BCUT2D eigenvalue weighted by Crippen LogP contribution is -2.45. The van der Waals surface area contributed by atoms with Gasteiger partial charge in [-0.25, -0.2) is 0 Å². The van der Waals surface area contributed by atoms with Crippen LogP contribution in [0.5, 0.6) is 6.01 Å². The van der Waals surface area contributed by atoms with Gasteiger partial charge in [0.2, 0.25) is 0 Å². The molecule has 3 N–H and O–H groups in total. The van der Waals surface area contributed by atoms with Gasteiger partial charge in [0.15, 0.2) is 0 Å². The number of ether oxygens (including phenoxy) is 1. The zero-order valence-corrected chi connectivity index (χ0v) is 17.9. The topological polar surface area (TPSA) is 119 Å². The quantitative estimate of drug-likeness (QED) is 0.755. The number of hydrogen-bond acceptors (Lipinski definition) is 6. The third-order valence-electron chi connectivity index (χ3n) is 6.49. The number of carbonyl (C=O) groups is 2. The van der Waals surface area contributed by atoms with Crippen LogP contribution in [0.15, 0.2) is 24.3 Å². The van der Waals surface area contributed by atoms with Crippen molar-refractivity contribution in [1.29, 1.82) is 0 Å². The molecule has 1 saturated carbocycles. The Balaban J connectivity index is 1.50. The molecule has 1 amide bonds. The van der Waals surface area contributed by atoms with Crippen molar-refractivity contribution in [2.75, 3.05) is 17.7 Å². The summed E-state index contributed by atoms with van der Waals surface area (Å²) in [6, 6.07) is 8.24. The second kappa shape index (κ2) is 8.53. The molecule has 1 aromatic heterocycles. The fourth-order valence-electron chi connectivity index (χ4n) is 4.89. The monoisotopic (exact) mass is 424 g/mol. The lowest BCUT2D eigenvalue weighted by molar-refractivity contribution is -0.138. The summed E-state index contributed by atoms with van der Waals surface area (Å²) in [6.07, 6.45) is 4.72. The highest BCUT2D eigenvalue weighted by Gasteiger charge is 2.35. The number of methoxy groups -OCH3 is 1. The molecule has 0 bridgehead atoms. The molecule has 0 spiro atoms. The smallest absolute Gasteiger partial charge is 0.318 e. The number of carboxylic acid groups (broad SMARTS) is 1. The van der Waals surface area contributed by atoms with Crippen molar-refractivity contribution in [2.45, 2.75) is 57.4 Å². The molecule has 1 aromatic carbocycles. The summed E-state index contributed by atoms with van der Waals surface area (Å²) in [5.41, 5.74) is 9.07. The van der Waals surface area contributed by atoms with Crippen LogP contribution in [0, 0.1) is 5.92 Å². The molecule has 4 rings (SSSR count). The van der Waals surface area contributed by atoms with Gasteiger partial charge >= 0.3 is 12.0 Å². The average molecular weight is 425 g/mol. The maximum Gasteiger partial charge on any atom is 0.318 e. The molecular formula is C23H28N4O4. The molecule has 2 aromatic rings. The van der Waals surface area contributed by atoms with Crippen LogP contribution in [-0.4, -0.2) is 40.1 Å². The van der Waals surface area contributed by atoms with Crippen LogP contribution in [0.1, 0.15) is 66.6 Å². The number of rotatable bonds is 5. The molecule has 164 valence electrons. The molecule has 1 aliphatic heterocycles. The number of nitrogens with zero attached hydrogens (tertiary/aromatic N) is 3. The third-order valence-corrected chi connectivity index (χ3v) is 6.49. The highest BCUT2D eigenvalue weighted by molar-refractivity contribution is 6.11. The van der Waals surface area contributed by atoms with Gasteiger partial charge in [-0.15, -0.1) is 0 Å². The fourth-order valence-corrected chi connectivity index (χ4v) is 4.89. The third kappa shape index (κ3) is 4.19. The zero-order chi connectivity index (χ0) is 22.1. The standard InChI is InChI=1S/C23H28N4O4/c1-13-11-18-20(21(24)26-23(25-18)31-2)22(30)27(13)17-9-7-16(8-10-17)15-5-3-14(4-6-15)12-19(28)29/h7-10,13-15H,3-6,11-12H2,1-2H3,(H,28,29)(H2,24,25,26)/t13-,14-,15-/m0/s1. The van der Waals surface area contributed by atoms with Gasteiger partial charge in [-0.3, -0.25) is 9.59 Å². The van der Waals surface area contributed by atoms with Gasteiger partial charge in [0.25, 0.3) is 5.91 Å². The van der Waals surface area contributed by atoms with Crippen LogP contribution in [0.2, 0.25) is 0 Å². The molecule has 1 fully saturated rings. The molecule has 0 radical (unpaired) electrons. The van der Waals surface area contributed by atoms with Crippen molar-refractivity contribution in [1.82, 2.24) is 9.97 Å². The van der Waals surface area contributed by atoms with Crippen molar-refractivity contribution in [3.05, 3.63) is 41.1 Å². The maximum absolute atomic E-state index is 13.2. The Bertz CT molecular complexity index is 984. The predicted octanol–water partition coefficient (Wildman–Crippen LogP) is 3.41. The summed E-state index contributed by atoms with van der Waals surface area (Å²) in [4.78, 5) is 34.3. The first kappa shape index (κ1) is 21.1. The van der Waals surface area contributed by atoms with E-state index in [9.17, 15) is 9.59 Å². The Morgan fingerprint density at radius 3 is 2.48 bits per heavy atom. The largest absolute Gasteiger partial charge is 0.481 e. The van der Waals surface area contributed by atoms with Gasteiger partial charge < -0.3 is 20.5 Å². The molecular weight excluding hydrogens is 396 g/mol. The van der Waals surface area contributed by atoms with Crippen molar-refractivity contribution in [3.8, 4) is 6.01 Å². The van der Waals surface area contributed by atoms with E-state index in [0.717, 1.165) is 31.4 Å². The van der Waals surface area contributed by atoms with Crippen molar-refractivity contribution >= 4 is 23.4 Å². The number of benzene rings is 1. The molecule has 0 unspecified atom stereocenters. The highest BCUT2D eigenvalue weighted by Crippen LogP contribution is 2.38. The van der Waals surface area contributed by atoms with E-state index in [0.29, 0.717) is 23.6 Å². The zero-order valence-electron chi connectivity index (χ0n) is 17.9. The molecule has 2 aliphatic rings. The number of carbonyl (C=O) groups excluding carboxylic acids is 1. The molecule has 31 heavy (non-hydrogen) atoms. The number of nitrogens with two attached hydrogens (primary N) is 1. The first-order valence-electron chi connectivity index (χ1n) is 10.7. The van der Waals surface area contributed by atoms with E-state index in [4.69, 9.17) is 15.6 Å². The number of aliphatic carboxylic acids is 1. The van der Waals surface area contributed by atoms with E-state index in [2.05, 4.69) is 22.1 Å². The van der Waals surface area contributed by atoms with E-state index in [1.165, 1.54) is 12.7 Å². The summed E-state index contributed by atoms with van der Waals surface area (Å²) in [6.45, 7) is 1.99. The number of anilines is 2. The van der Waals surface area contributed by atoms with E-state index in [-0.39, 0.29) is 36.1 Å². The molecule has 8 heteroatoms. The van der Waals surface area contributed by atoms with E-state index in [1.807, 2.05) is 19.1 Å². The lowest BCUT2D eigenvalue weighted by atomic mass is 9.77. The Morgan fingerprint density at radius 1 is 1.19 bits per heavy atom. The Hall–Kier alpha value is -3.16. The summed E-state index contributed by atoms with van der Waals surface area (Å²) >= 11 is 0. The normalized spacial score (nSPS) is 23.4. The van der Waals surface area contributed by atoms with Crippen molar-refractivity contribution < 1.29 is 19.4 Å². The van der Waals surface area contributed by atoms with Crippen LogP contribution in [0.25, 0.3) is 0 Å². The molecule has 0 saturated heterocycles. The number of aromatic nitrogens is 2. The van der Waals surface area contributed by atoms with Crippen LogP contribution >= 0.6 is 0 Å². The van der Waals surface area contributed by atoms with Gasteiger partial charge in [-0.05, 0) is 62.1 Å². The number of amides is 1. The van der Waals surface area contributed by atoms with Crippen LogP contribution in [0.4, 0.5) is 11.5 Å². The highest BCUT2D eigenvalue weighted by atomic mass is 16.5. The van der Waals surface area contributed by atoms with Crippen LogP contribution < -0.4 is 15.4 Å². The van der Waals surface area contributed by atoms with Gasteiger partial charge in [-0.2, -0.15) is 9.97 Å². The second-order valence-corrected chi connectivity index (χ2v) is 8.55. The number of fused-ring (bicyclic) bond motifs is 1. The van der Waals surface area contributed by atoms with E-state index in [1.54, 1.807) is 4.90 Å². The van der Waals surface area contributed by atoms with E-state index < -0.39 is 5.97 Å². The van der Waals surface area contributed by atoms with Crippen LogP contribution in [0.3, 0.4) is 0 Å². The molecule has 1 atom stereocenters. The summed E-state index contributed by atoms with van der Waals surface area (Å²) in [5.74, 6) is -0.0504. The Labute approximate surface area is 181 Å². The number of nitrogen functional groups attached to an aromatic ring is 1. The predicted molar refractivity (Wildman–Crippen MR) is 116 cm³/mol. The minimum absolute atomic E-state index is 0.0729. The first-order chi connectivity index (χ1) is 14.9. The van der Waals surface area contributed by atoms with E-state index >= 15 is 0 Å². The molecule has 1 aliphatic carbocycles. The Kier molecular flexibility index (Phi) is 5.80. The van der Waals surface area contributed by atoms with Gasteiger partial charge in [0.1, 0.15) is 11.4 Å². The number of carboxylic acids is 1. The SMILES string of the molecule is COc1nc(N)c2c(n1)C[C@H](C)N(c1ccc([C@H]3CC[C@H](CC(=O)O)CC3)cc1)C2=O. The van der Waals surface area contributed by atoms with Gasteiger partial charge in [0, 0.05) is 24.6 Å². The van der Waals surface area contributed by atoms with Gasteiger partial charge in [-0.1, -0.05) is 12.1 Å². The number of hydrogen-bond donors (Lipinski definition) is 2. The maximum atomic E-state index is 13.2. The fraction of sp³-hybridized carbons (Fsp3) is 0.478. The Morgan fingerprint density at radius 2 is 1.87 bits per heavy atom. The van der Waals surface area contributed by atoms with Crippen molar-refractivity contribution in [3.63, 3.8) is 0 Å². The summed E-state index contributed by atoms with van der Waals surface area (Å²) in [5, 5.41) is 9.00. The van der Waals surface area contributed by atoms with Crippen LogP contribution in [-0.2, 0) is 11.2 Å². The summed E-state index contributed by atoms with van der Waals surface area (Å²) < 4.78 is 5.08.